The third kappa shape index (κ3) is 2.71. The molecule has 2 N–H and O–H groups in total. The van der Waals surface area contributed by atoms with Crippen molar-refractivity contribution >= 4 is 5.91 Å². The van der Waals surface area contributed by atoms with Gasteiger partial charge in [-0.15, -0.1) is 0 Å². The van der Waals surface area contributed by atoms with Gasteiger partial charge in [0.25, 0.3) is 0 Å². The molecule has 0 unspecified atom stereocenters. The highest BCUT2D eigenvalue weighted by atomic mass is 16.3. The first-order valence-corrected chi connectivity index (χ1v) is 6.28. The number of aliphatic hydroxyl groups excluding tert-OH is 1. The molecule has 98 valence electrons. The Morgan fingerprint density at radius 1 is 1.44 bits per heavy atom. The molecule has 1 aliphatic rings. The molecule has 2 atom stereocenters. The van der Waals surface area contributed by atoms with Crippen LogP contribution in [0.3, 0.4) is 0 Å². The number of aryl methyl sites for hydroxylation is 1. The third-order valence-electron chi connectivity index (χ3n) is 3.64. The van der Waals surface area contributed by atoms with E-state index in [1.807, 2.05) is 31.2 Å². The molecule has 0 radical (unpaired) electrons. The van der Waals surface area contributed by atoms with Gasteiger partial charge < -0.3 is 15.3 Å². The van der Waals surface area contributed by atoms with Crippen molar-refractivity contribution in [3.8, 4) is 0 Å². The van der Waals surface area contributed by atoms with Crippen molar-refractivity contribution in [2.45, 2.75) is 25.5 Å². The zero-order valence-corrected chi connectivity index (χ0v) is 10.9. The number of nitrogens with one attached hydrogen (secondary N) is 1. The topological polar surface area (TPSA) is 52.6 Å². The van der Waals surface area contributed by atoms with Gasteiger partial charge in [-0.25, -0.2) is 0 Å². The van der Waals surface area contributed by atoms with Gasteiger partial charge in [0.15, 0.2) is 0 Å². The minimum absolute atomic E-state index is 0.0528. The van der Waals surface area contributed by atoms with Gasteiger partial charge in [0, 0.05) is 20.1 Å². The molecule has 4 nitrogen and oxygen atoms in total. The molecule has 1 aromatic rings. The van der Waals surface area contributed by atoms with Crippen LogP contribution in [0.2, 0.25) is 0 Å². The second kappa shape index (κ2) is 5.50. The molecule has 0 aromatic heterocycles. The van der Waals surface area contributed by atoms with Crippen LogP contribution in [-0.2, 0) is 11.2 Å². The third-order valence-corrected chi connectivity index (χ3v) is 3.64. The fourth-order valence-electron chi connectivity index (χ4n) is 2.33. The second-order valence-electron chi connectivity index (χ2n) is 4.90. The number of β-amino-alcohol motifs (C(OH)–C–C–N with tert-alkyl or cyclic N) is 1. The van der Waals surface area contributed by atoms with Crippen LogP contribution in [0, 0.1) is 6.92 Å². The fraction of sp³-hybridized carbons (Fsp3) is 0.500. The van der Waals surface area contributed by atoms with Gasteiger partial charge in [-0.05, 0) is 18.1 Å². The van der Waals surface area contributed by atoms with Crippen molar-refractivity contribution in [1.82, 2.24) is 10.2 Å². The maximum Gasteiger partial charge on any atom is 0.227 e. The van der Waals surface area contributed by atoms with E-state index in [1.54, 1.807) is 11.9 Å². The van der Waals surface area contributed by atoms with Gasteiger partial charge in [0.1, 0.15) is 0 Å². The summed E-state index contributed by atoms with van der Waals surface area (Å²) in [5.74, 6) is 0.0528. The summed E-state index contributed by atoms with van der Waals surface area (Å²) in [5, 5.41) is 12.9. The molecule has 1 saturated heterocycles. The molecular weight excluding hydrogens is 228 g/mol. The smallest absolute Gasteiger partial charge is 0.227 e. The lowest BCUT2D eigenvalue weighted by Gasteiger charge is -2.26. The largest absolute Gasteiger partial charge is 0.390 e. The van der Waals surface area contributed by atoms with Crippen molar-refractivity contribution < 1.29 is 9.90 Å². The summed E-state index contributed by atoms with van der Waals surface area (Å²) in [6.45, 7) is 3.23. The highest BCUT2D eigenvalue weighted by Crippen LogP contribution is 2.12. The molecule has 1 heterocycles. The maximum absolute atomic E-state index is 12.2. The molecule has 0 aliphatic carbocycles. The number of rotatable bonds is 3. The average Bonchev–Trinajstić information content (AvgIpc) is 2.77. The van der Waals surface area contributed by atoms with Crippen LogP contribution in [0.25, 0.3) is 0 Å². The standard InChI is InChI=1S/C14H20N2O2/c1-10-5-3-4-6-11(10)7-14(18)16(2)12-8-15-9-13(12)17/h3-6,12-13,15,17H,7-9H2,1-2H3/t12-,13-/m1/s1. The number of benzene rings is 1. The molecule has 0 saturated carbocycles. The minimum Gasteiger partial charge on any atom is -0.390 e. The van der Waals surface area contributed by atoms with Crippen molar-refractivity contribution in [2.75, 3.05) is 20.1 Å². The molecule has 0 bridgehead atoms. The van der Waals surface area contributed by atoms with Gasteiger partial charge in [0.2, 0.25) is 5.91 Å². The number of nitrogens with zero attached hydrogens (tertiary/aromatic N) is 1. The highest BCUT2D eigenvalue weighted by Gasteiger charge is 2.30. The zero-order valence-electron chi connectivity index (χ0n) is 10.9. The van der Waals surface area contributed by atoms with E-state index in [2.05, 4.69) is 5.32 Å². The molecule has 4 heteroatoms. The normalized spacial score (nSPS) is 23.1. The molecule has 18 heavy (non-hydrogen) atoms. The fourth-order valence-corrected chi connectivity index (χ4v) is 2.33. The first-order valence-electron chi connectivity index (χ1n) is 6.28. The summed E-state index contributed by atoms with van der Waals surface area (Å²) in [7, 11) is 1.77. The Morgan fingerprint density at radius 2 is 2.17 bits per heavy atom. The Kier molecular flexibility index (Phi) is 3.99. The first kappa shape index (κ1) is 13.1. The predicted molar refractivity (Wildman–Crippen MR) is 70.3 cm³/mol. The number of amides is 1. The van der Waals surface area contributed by atoms with Crippen LogP contribution < -0.4 is 5.32 Å². The van der Waals surface area contributed by atoms with Gasteiger partial charge >= 0.3 is 0 Å². The summed E-state index contributed by atoms with van der Waals surface area (Å²) >= 11 is 0. The Bertz CT molecular complexity index is 434. The van der Waals surface area contributed by atoms with E-state index in [9.17, 15) is 9.90 Å². The van der Waals surface area contributed by atoms with Crippen molar-refractivity contribution in [2.24, 2.45) is 0 Å². The van der Waals surface area contributed by atoms with Crippen LogP contribution in [0.1, 0.15) is 11.1 Å². The van der Waals surface area contributed by atoms with Crippen LogP contribution in [-0.4, -0.2) is 48.2 Å². The molecule has 1 amide bonds. The Hall–Kier alpha value is -1.39. The molecule has 1 aromatic carbocycles. The van der Waals surface area contributed by atoms with Crippen LogP contribution in [0.15, 0.2) is 24.3 Å². The molecule has 1 aliphatic heterocycles. The van der Waals surface area contributed by atoms with E-state index in [1.165, 1.54) is 0 Å². The minimum atomic E-state index is -0.462. The summed E-state index contributed by atoms with van der Waals surface area (Å²) in [6.07, 6.45) is -0.0670. The molecule has 0 spiro atoms. The lowest BCUT2D eigenvalue weighted by atomic mass is 10.0. The predicted octanol–water partition coefficient (Wildman–Crippen LogP) is 0.329. The van der Waals surface area contributed by atoms with Gasteiger partial charge in [-0.2, -0.15) is 0 Å². The number of hydrogen-bond acceptors (Lipinski definition) is 3. The monoisotopic (exact) mass is 248 g/mol. The number of hydrogen-bond donors (Lipinski definition) is 2. The SMILES string of the molecule is Cc1ccccc1CC(=O)N(C)[C@@H]1CNC[C@H]1O. The van der Waals surface area contributed by atoms with Crippen molar-refractivity contribution in [1.29, 1.82) is 0 Å². The summed E-state index contributed by atoms with van der Waals surface area (Å²) in [5.41, 5.74) is 2.18. The second-order valence-corrected chi connectivity index (χ2v) is 4.90. The van der Waals surface area contributed by atoms with Crippen LogP contribution in [0.4, 0.5) is 0 Å². The van der Waals surface area contributed by atoms with E-state index in [4.69, 9.17) is 0 Å². The molecule has 2 rings (SSSR count). The van der Waals surface area contributed by atoms with Gasteiger partial charge in [0.05, 0.1) is 18.6 Å². The van der Waals surface area contributed by atoms with E-state index in [0.717, 1.165) is 11.1 Å². The van der Waals surface area contributed by atoms with Gasteiger partial charge in [-0.3, -0.25) is 4.79 Å². The summed E-state index contributed by atoms with van der Waals surface area (Å²) < 4.78 is 0. The molecular formula is C14H20N2O2. The van der Waals surface area contributed by atoms with Crippen molar-refractivity contribution in [3.63, 3.8) is 0 Å². The van der Waals surface area contributed by atoms with Crippen LogP contribution >= 0.6 is 0 Å². The first-order chi connectivity index (χ1) is 8.59. The number of carbonyl (C=O) groups is 1. The van der Waals surface area contributed by atoms with E-state index in [0.29, 0.717) is 19.5 Å². The lowest BCUT2D eigenvalue weighted by molar-refractivity contribution is -0.132. The maximum atomic E-state index is 12.2. The highest BCUT2D eigenvalue weighted by molar-refractivity contribution is 5.79. The van der Waals surface area contributed by atoms with Gasteiger partial charge in [-0.1, -0.05) is 24.3 Å². The lowest BCUT2D eigenvalue weighted by Crippen LogP contribution is -2.44. The molecule has 1 fully saturated rings. The number of carbonyl (C=O) groups excluding carboxylic acids is 1. The quantitative estimate of drug-likeness (QED) is 0.810. The van der Waals surface area contributed by atoms with Crippen molar-refractivity contribution in [3.05, 3.63) is 35.4 Å². The Labute approximate surface area is 108 Å². The zero-order chi connectivity index (χ0) is 13.1. The number of likely N-dealkylation sites (N-methyl/N-ethyl adjacent to an activating group) is 1. The Morgan fingerprint density at radius 3 is 2.78 bits per heavy atom. The summed E-state index contributed by atoms with van der Waals surface area (Å²) in [4.78, 5) is 13.8. The van der Waals surface area contributed by atoms with E-state index < -0.39 is 6.10 Å². The van der Waals surface area contributed by atoms with E-state index >= 15 is 0 Å². The number of aliphatic hydroxyl groups is 1. The van der Waals surface area contributed by atoms with Crippen LogP contribution in [0.5, 0.6) is 0 Å². The summed E-state index contributed by atoms with van der Waals surface area (Å²) in [6, 6.07) is 7.79. The average molecular weight is 248 g/mol. The van der Waals surface area contributed by atoms with E-state index in [-0.39, 0.29) is 11.9 Å². The Balaban J connectivity index is 2.02.